The van der Waals surface area contributed by atoms with E-state index in [0.29, 0.717) is 23.8 Å². The zero-order valence-electron chi connectivity index (χ0n) is 36.6. The normalized spacial score (nSPS) is 13.6. The minimum atomic E-state index is -5.08. The van der Waals surface area contributed by atoms with Crippen LogP contribution in [0.1, 0.15) is 5.56 Å². The second-order valence-electron chi connectivity index (χ2n) is 15.0. The number of hydrogen-bond donors (Lipinski definition) is 8. The highest BCUT2D eigenvalue weighted by molar-refractivity contribution is 7.93. The Labute approximate surface area is 413 Å². The maximum atomic E-state index is 12.9. The van der Waals surface area contributed by atoms with Crippen molar-refractivity contribution in [2.24, 2.45) is 30.4 Å². The van der Waals surface area contributed by atoms with Gasteiger partial charge in [-0.15, -0.1) is 15.3 Å². The van der Waals surface area contributed by atoms with Crippen LogP contribution in [0.3, 0.4) is 0 Å². The quantitative estimate of drug-likeness (QED) is 0.0413. The lowest BCUT2D eigenvalue weighted by molar-refractivity contribution is 0.478. The highest BCUT2D eigenvalue weighted by Gasteiger charge is 2.22. The first-order valence-corrected chi connectivity index (χ1v) is 28.9. The number of aromatic nitrogens is 3. The van der Waals surface area contributed by atoms with Crippen molar-refractivity contribution in [2.45, 2.75) is 31.4 Å². The lowest BCUT2D eigenvalue weighted by atomic mass is 10.1. The Balaban J connectivity index is 1.28. The Bertz CT molecular complexity index is 4320. The molecule has 0 saturated carbocycles. The van der Waals surface area contributed by atoms with Gasteiger partial charge in [-0.2, -0.15) is 52.2 Å². The van der Waals surface area contributed by atoms with E-state index in [2.05, 4.69) is 50.7 Å². The summed E-state index contributed by atoms with van der Waals surface area (Å²) < 4.78 is 193. The van der Waals surface area contributed by atoms with E-state index in [-0.39, 0.29) is 56.5 Å². The molecule has 0 aliphatic heterocycles. The lowest BCUT2D eigenvalue weighted by Crippen LogP contribution is -2.28. The molecule has 27 nitrogen and oxygen atoms in total. The summed E-state index contributed by atoms with van der Waals surface area (Å²) >= 11 is 0. The molecule has 0 atom stereocenters. The van der Waals surface area contributed by atoms with E-state index >= 15 is 0 Å². The predicted molar refractivity (Wildman–Crippen MR) is 257 cm³/mol. The molecule has 0 aliphatic rings. The zero-order chi connectivity index (χ0) is 53.3. The molecular weight excluding hydrogens is 1080 g/mol. The minimum absolute atomic E-state index is 0.00719. The summed E-state index contributed by atoms with van der Waals surface area (Å²) in [5.41, 5.74) is -0.626. The third-order valence-corrected chi connectivity index (χ3v) is 16.0. The van der Waals surface area contributed by atoms with Crippen molar-refractivity contribution in [3.05, 3.63) is 132 Å². The Hall–Kier alpha value is -7.31. The smallest absolute Gasteiger partial charge is 0.296 e. The molecule has 33 heteroatoms. The first-order valence-electron chi connectivity index (χ1n) is 19.9. The molecule has 0 aliphatic carbocycles. The van der Waals surface area contributed by atoms with Gasteiger partial charge in [-0.3, -0.25) is 32.7 Å². The Morgan fingerprint density at radius 3 is 1.73 bits per heavy atom. The summed E-state index contributed by atoms with van der Waals surface area (Å²) in [6, 6.07) is 22.8. The van der Waals surface area contributed by atoms with E-state index in [1.54, 1.807) is 13.0 Å². The first-order chi connectivity index (χ1) is 33.9. The molecule has 0 radical (unpaired) electrons. The molecule has 0 unspecified atom stereocenters. The standard InChI is InChI=1S/C40H34N10O17S6/c1-23-19-25(9-13-31(23)47-48-32-14-15-33(30-21-27(70(56,57)58)10-12-29(30)32)49-50-34-7-2-3-8-36(34)72(62,63)64)42-39-44-38(41-24-5-4-6-26(20-24)68(51,52)17-18-69(53,54)55)45-40(46-39)43-35-22-28(71(59,60)61)11-16-37(35)73(65,66)67/h2-16,19-22H,17-18H2,1H3,(H,53,54,55)(H,56,57,58)(H,59,60,61)(H,62,63,64)(H,65,66,67)(H3,41,42,43,44,45,46). The van der Waals surface area contributed by atoms with Crippen LogP contribution in [0.15, 0.2) is 170 Å². The van der Waals surface area contributed by atoms with Crippen LogP contribution >= 0.6 is 0 Å². The minimum Gasteiger partial charge on any atom is -0.326 e. The lowest BCUT2D eigenvalue weighted by Gasteiger charge is -2.09. The average Bonchev–Trinajstić information content (AvgIpc) is 3.28. The van der Waals surface area contributed by atoms with Gasteiger partial charge in [0.25, 0.3) is 50.6 Å². The van der Waals surface area contributed by atoms with Gasteiger partial charge in [-0.25, -0.2) is 18.4 Å². The van der Waals surface area contributed by atoms with Crippen LogP contribution < -0.4 is 16.6 Å². The van der Waals surface area contributed by atoms with Crippen LogP contribution in [-0.4, -0.2) is 99.7 Å². The number of azo groups is 2. The molecule has 7 rings (SSSR count). The SMILES string of the molecule is Cc1cc(Nc2nc(=Nc3cccc(S(=O)(=O)CCS(=O)(=O)O)c3)[nH]c(=Nc3cc(S(=O)(=O)O)ccc3S(=O)(=O)O)[nH]2)ccc1N=Nc1ccc(N=Nc2ccccc2S(=O)(=O)O)c2cc(S(=O)(=O)O)ccc12. The Morgan fingerprint density at radius 1 is 0.493 bits per heavy atom. The molecular formula is C40H34N10O17S6. The van der Waals surface area contributed by atoms with Gasteiger partial charge in [0.2, 0.25) is 17.2 Å². The van der Waals surface area contributed by atoms with Crippen LogP contribution in [0.25, 0.3) is 10.8 Å². The summed E-state index contributed by atoms with van der Waals surface area (Å²) in [5, 5.41) is 20.0. The maximum Gasteiger partial charge on any atom is 0.296 e. The van der Waals surface area contributed by atoms with Gasteiger partial charge in [0.05, 0.1) is 54.6 Å². The third kappa shape index (κ3) is 13.6. The summed E-state index contributed by atoms with van der Waals surface area (Å²) in [7, 11) is -28.4. The van der Waals surface area contributed by atoms with Crippen LogP contribution in [-0.2, 0) is 60.4 Å². The molecule has 382 valence electrons. The van der Waals surface area contributed by atoms with Crippen molar-refractivity contribution in [1.82, 2.24) is 15.0 Å². The molecule has 0 spiro atoms. The zero-order valence-corrected chi connectivity index (χ0v) is 41.5. The topological polar surface area (TPSA) is 437 Å². The van der Waals surface area contributed by atoms with Gasteiger partial charge in [-0.05, 0) is 103 Å². The first kappa shape index (κ1) is 53.5. The van der Waals surface area contributed by atoms with Gasteiger partial charge >= 0.3 is 0 Å². The molecule has 6 aromatic carbocycles. The maximum absolute atomic E-state index is 12.9. The van der Waals surface area contributed by atoms with Gasteiger partial charge in [-0.1, -0.05) is 24.3 Å². The number of hydrogen-bond acceptors (Lipinski definition) is 20. The fraction of sp³-hybridized carbons (Fsp3) is 0.0750. The van der Waals surface area contributed by atoms with Crippen molar-refractivity contribution in [3.63, 3.8) is 0 Å². The molecule has 7 aromatic rings. The number of nitrogens with zero attached hydrogens (tertiary/aromatic N) is 7. The van der Waals surface area contributed by atoms with E-state index in [4.69, 9.17) is 4.55 Å². The molecule has 0 fully saturated rings. The number of aryl methyl sites for hydroxylation is 1. The summed E-state index contributed by atoms with van der Waals surface area (Å²) in [5.74, 6) is -2.29. The van der Waals surface area contributed by atoms with Crippen LogP contribution in [0.4, 0.5) is 45.8 Å². The highest BCUT2D eigenvalue weighted by atomic mass is 32.2. The van der Waals surface area contributed by atoms with E-state index < -0.39 is 108 Å². The second-order valence-corrected chi connectivity index (χ2v) is 24.3. The summed E-state index contributed by atoms with van der Waals surface area (Å²) in [6.07, 6.45) is 0. The second kappa shape index (κ2) is 20.3. The molecule has 0 amide bonds. The average molecular weight is 1120 g/mol. The largest absolute Gasteiger partial charge is 0.326 e. The number of rotatable bonds is 16. The van der Waals surface area contributed by atoms with Crippen LogP contribution in [0.2, 0.25) is 0 Å². The summed E-state index contributed by atoms with van der Waals surface area (Å²) in [6.45, 7) is 1.64. The monoisotopic (exact) mass is 1120 g/mol. The highest BCUT2D eigenvalue weighted by Crippen LogP contribution is 2.38. The van der Waals surface area contributed by atoms with Gasteiger partial charge in [0, 0.05) is 16.5 Å². The van der Waals surface area contributed by atoms with Crippen molar-refractivity contribution in [2.75, 3.05) is 16.8 Å². The number of aromatic amines is 2. The number of fused-ring (bicyclic) bond motifs is 1. The molecule has 1 heterocycles. The predicted octanol–water partition coefficient (Wildman–Crippen LogP) is 5.89. The number of benzene rings is 6. The molecule has 73 heavy (non-hydrogen) atoms. The molecule has 8 N–H and O–H groups in total. The number of sulfone groups is 1. The van der Waals surface area contributed by atoms with Crippen molar-refractivity contribution < 1.29 is 73.3 Å². The number of nitrogens with one attached hydrogen (secondary N) is 3. The van der Waals surface area contributed by atoms with Crippen LogP contribution in [0.5, 0.6) is 0 Å². The van der Waals surface area contributed by atoms with Crippen molar-refractivity contribution >= 4 is 117 Å². The molecule has 0 saturated heterocycles. The van der Waals surface area contributed by atoms with Crippen LogP contribution in [0, 0.1) is 6.92 Å². The van der Waals surface area contributed by atoms with Gasteiger partial charge in [0.15, 0.2) is 9.84 Å². The molecule has 0 bridgehead atoms. The Kier molecular flexibility index (Phi) is 14.9. The van der Waals surface area contributed by atoms with Crippen molar-refractivity contribution in [1.29, 1.82) is 0 Å². The number of anilines is 2. The van der Waals surface area contributed by atoms with Crippen molar-refractivity contribution in [3.8, 4) is 0 Å². The van der Waals surface area contributed by atoms with E-state index in [1.807, 2.05) is 0 Å². The number of H-pyrrole nitrogens is 2. The Morgan fingerprint density at radius 2 is 1.08 bits per heavy atom. The van der Waals surface area contributed by atoms with Gasteiger partial charge < -0.3 is 5.32 Å². The van der Waals surface area contributed by atoms with Gasteiger partial charge in [0.1, 0.15) is 15.5 Å². The van der Waals surface area contributed by atoms with E-state index in [0.717, 1.165) is 30.3 Å². The fourth-order valence-electron chi connectivity index (χ4n) is 6.45. The fourth-order valence-corrected chi connectivity index (χ4v) is 11.2. The van der Waals surface area contributed by atoms with E-state index in [1.165, 1.54) is 60.7 Å². The molecule has 1 aromatic heterocycles. The van der Waals surface area contributed by atoms with E-state index in [9.17, 15) is 68.7 Å². The third-order valence-electron chi connectivity index (χ3n) is 9.82. The summed E-state index contributed by atoms with van der Waals surface area (Å²) in [4.78, 5) is 14.9.